The summed E-state index contributed by atoms with van der Waals surface area (Å²) in [6.45, 7) is 0. The van der Waals surface area contributed by atoms with E-state index < -0.39 is 29.1 Å². The molecule has 3 atom stereocenters. The van der Waals surface area contributed by atoms with Crippen LogP contribution in [0.2, 0.25) is 0 Å². The third-order valence-corrected chi connectivity index (χ3v) is 3.54. The largest absolute Gasteiger partial charge is 0.509 e. The van der Waals surface area contributed by atoms with Gasteiger partial charge in [0.2, 0.25) is 5.60 Å². The van der Waals surface area contributed by atoms with Crippen molar-refractivity contribution in [2.24, 2.45) is 11.3 Å². The number of allylic oxidation sites excluding steroid dienone is 2. The minimum absolute atomic E-state index is 0.569. The molecule has 0 aromatic heterocycles. The molecule has 2 aliphatic rings. The minimum atomic E-state index is -1.75. The van der Waals surface area contributed by atoms with Gasteiger partial charge in [0.05, 0.1) is 20.1 Å². The molecule has 2 rings (SSSR count). The van der Waals surface area contributed by atoms with Crippen LogP contribution >= 0.6 is 0 Å². The summed E-state index contributed by atoms with van der Waals surface area (Å²) in [4.78, 5) is 23.7. The highest BCUT2D eigenvalue weighted by atomic mass is 16.7. The van der Waals surface area contributed by atoms with Crippen molar-refractivity contribution >= 4 is 12.1 Å². The highest BCUT2D eigenvalue weighted by Gasteiger charge is 2.65. The van der Waals surface area contributed by atoms with Gasteiger partial charge in [-0.1, -0.05) is 36.5 Å². The van der Waals surface area contributed by atoms with E-state index in [1.165, 1.54) is 19.3 Å². The van der Waals surface area contributed by atoms with Crippen molar-refractivity contribution in [2.45, 2.75) is 5.60 Å². The molecule has 0 aromatic carbocycles. The number of carbonyl (C=O) groups excluding carboxylic acids is 2. The Balaban J connectivity index is 2.61. The number of ether oxygens (including phenoxy) is 3. The Kier molecular flexibility index (Phi) is 3.36. The zero-order valence-corrected chi connectivity index (χ0v) is 11.0. The van der Waals surface area contributed by atoms with Gasteiger partial charge < -0.3 is 14.2 Å². The van der Waals surface area contributed by atoms with Crippen LogP contribution in [-0.2, 0) is 19.0 Å². The molecule has 0 fully saturated rings. The number of carbonyl (C=O) groups is 2. The van der Waals surface area contributed by atoms with Crippen LogP contribution in [0.5, 0.6) is 0 Å². The third kappa shape index (κ3) is 1.63. The van der Waals surface area contributed by atoms with Crippen LogP contribution in [0.4, 0.5) is 4.79 Å². The molecule has 0 amide bonds. The second-order valence-electron chi connectivity index (χ2n) is 4.39. The number of rotatable bonds is 2. The van der Waals surface area contributed by atoms with E-state index in [2.05, 4.69) is 4.74 Å². The quantitative estimate of drug-likeness (QED) is 0.560. The van der Waals surface area contributed by atoms with Crippen molar-refractivity contribution in [3.63, 3.8) is 0 Å². The smallest absolute Gasteiger partial charge is 0.468 e. The van der Waals surface area contributed by atoms with Crippen molar-refractivity contribution in [1.82, 2.24) is 0 Å². The number of hydrogen-bond donors (Lipinski definition) is 0. The van der Waals surface area contributed by atoms with E-state index in [9.17, 15) is 14.9 Å². The molecule has 0 radical (unpaired) electrons. The van der Waals surface area contributed by atoms with E-state index in [0.29, 0.717) is 0 Å². The molecule has 0 saturated carbocycles. The number of hydrogen-bond acceptors (Lipinski definition) is 6. The first-order chi connectivity index (χ1) is 9.56. The van der Waals surface area contributed by atoms with Gasteiger partial charge in [0.1, 0.15) is 6.07 Å². The van der Waals surface area contributed by atoms with Gasteiger partial charge >= 0.3 is 12.1 Å². The number of methoxy groups -OCH3 is 2. The lowest BCUT2D eigenvalue weighted by Gasteiger charge is -2.37. The average molecular weight is 275 g/mol. The molecule has 0 heterocycles. The fourth-order valence-corrected chi connectivity index (χ4v) is 2.53. The minimum Gasteiger partial charge on any atom is -0.468 e. The lowest BCUT2D eigenvalue weighted by Crippen LogP contribution is -2.54. The Labute approximate surface area is 115 Å². The molecule has 0 spiro atoms. The second kappa shape index (κ2) is 4.85. The SMILES string of the molecule is COC(=O)O[C@]1(C#N)[C@@H]2C=CC=C[C@@]1(C(=O)OC)C=C2. The second-order valence-corrected chi connectivity index (χ2v) is 4.39. The van der Waals surface area contributed by atoms with E-state index in [-0.39, 0.29) is 0 Å². The molecule has 20 heavy (non-hydrogen) atoms. The van der Waals surface area contributed by atoms with Crippen LogP contribution < -0.4 is 0 Å². The van der Waals surface area contributed by atoms with E-state index >= 15 is 0 Å². The molecule has 2 aliphatic carbocycles. The van der Waals surface area contributed by atoms with Crippen molar-refractivity contribution in [3.05, 3.63) is 36.5 Å². The molecular weight excluding hydrogens is 262 g/mol. The van der Waals surface area contributed by atoms with Gasteiger partial charge in [0, 0.05) is 0 Å². The lowest BCUT2D eigenvalue weighted by atomic mass is 9.71. The van der Waals surface area contributed by atoms with Gasteiger partial charge in [-0.2, -0.15) is 5.26 Å². The van der Waals surface area contributed by atoms with Gasteiger partial charge in [0.15, 0.2) is 5.41 Å². The first-order valence-electron chi connectivity index (χ1n) is 5.88. The van der Waals surface area contributed by atoms with Gasteiger partial charge in [-0.3, -0.25) is 4.79 Å². The first-order valence-corrected chi connectivity index (χ1v) is 5.88. The molecule has 6 heteroatoms. The Hall–Kier alpha value is -2.55. The summed E-state index contributed by atoms with van der Waals surface area (Å²) in [5.74, 6) is -1.25. The number of fused-ring (bicyclic) bond motifs is 2. The predicted molar refractivity (Wildman–Crippen MR) is 67.2 cm³/mol. The summed E-state index contributed by atoms with van der Waals surface area (Å²) >= 11 is 0. The molecule has 104 valence electrons. The Morgan fingerprint density at radius 2 is 1.90 bits per heavy atom. The van der Waals surface area contributed by atoms with Crippen LogP contribution in [0.25, 0.3) is 0 Å². The highest BCUT2D eigenvalue weighted by Crippen LogP contribution is 2.51. The Morgan fingerprint density at radius 3 is 2.50 bits per heavy atom. The van der Waals surface area contributed by atoms with Crippen LogP contribution in [0.3, 0.4) is 0 Å². The molecule has 0 aliphatic heterocycles. The average Bonchev–Trinajstić information content (AvgIpc) is 2.65. The van der Waals surface area contributed by atoms with Crippen LogP contribution in [0.1, 0.15) is 0 Å². The summed E-state index contributed by atoms with van der Waals surface area (Å²) in [5.41, 5.74) is -3.24. The molecule has 0 N–H and O–H groups in total. The number of esters is 1. The summed E-state index contributed by atoms with van der Waals surface area (Å²) in [7, 11) is 2.35. The topological polar surface area (TPSA) is 85.6 Å². The molecule has 0 aromatic rings. The summed E-state index contributed by atoms with van der Waals surface area (Å²) in [6.07, 6.45) is 8.61. The van der Waals surface area contributed by atoms with Crippen LogP contribution in [0, 0.1) is 22.7 Å². The summed E-state index contributed by atoms with van der Waals surface area (Å²) < 4.78 is 14.4. The third-order valence-electron chi connectivity index (χ3n) is 3.54. The van der Waals surface area contributed by atoms with Gasteiger partial charge in [0.25, 0.3) is 0 Å². The van der Waals surface area contributed by atoms with Gasteiger partial charge in [-0.05, 0) is 0 Å². The van der Waals surface area contributed by atoms with Gasteiger partial charge in [-0.25, -0.2) is 4.79 Å². The summed E-state index contributed by atoms with van der Waals surface area (Å²) in [6, 6.07) is 1.95. The lowest BCUT2D eigenvalue weighted by molar-refractivity contribution is -0.157. The predicted octanol–water partition coefficient (Wildman–Crippen LogP) is 1.50. The maximum atomic E-state index is 12.2. The van der Waals surface area contributed by atoms with E-state index in [4.69, 9.17) is 9.47 Å². The monoisotopic (exact) mass is 275 g/mol. The Bertz CT molecular complexity index is 571. The number of nitriles is 1. The maximum Gasteiger partial charge on any atom is 0.509 e. The summed E-state index contributed by atoms with van der Waals surface area (Å²) in [5, 5.41) is 9.60. The first kappa shape index (κ1) is 13.9. The normalized spacial score (nSPS) is 33.1. The molecule has 0 saturated heterocycles. The van der Waals surface area contributed by atoms with Crippen LogP contribution in [0.15, 0.2) is 36.5 Å². The van der Waals surface area contributed by atoms with Crippen LogP contribution in [-0.4, -0.2) is 31.9 Å². The molecule has 0 unspecified atom stereocenters. The van der Waals surface area contributed by atoms with Gasteiger partial charge in [-0.15, -0.1) is 0 Å². The maximum absolute atomic E-state index is 12.2. The van der Waals surface area contributed by atoms with E-state index in [1.54, 1.807) is 24.3 Å². The fraction of sp³-hybridized carbons (Fsp3) is 0.357. The van der Waals surface area contributed by atoms with Crippen molar-refractivity contribution in [3.8, 4) is 6.07 Å². The molecule has 6 nitrogen and oxygen atoms in total. The van der Waals surface area contributed by atoms with E-state index in [1.807, 2.05) is 6.07 Å². The zero-order valence-electron chi connectivity index (χ0n) is 11.0. The van der Waals surface area contributed by atoms with Crippen molar-refractivity contribution in [2.75, 3.05) is 14.2 Å². The standard InChI is InChI=1S/C14H13NO5/c1-18-11(16)13-7-4-3-5-10(6-8-13)14(13,9-15)20-12(17)19-2/h3-8,10H,1-2H3/t10-,13+,14-/m1/s1. The Morgan fingerprint density at radius 1 is 1.15 bits per heavy atom. The van der Waals surface area contributed by atoms with E-state index in [0.717, 1.165) is 7.11 Å². The number of nitrogens with zero attached hydrogens (tertiary/aromatic N) is 1. The molecule has 2 bridgehead atoms. The fourth-order valence-electron chi connectivity index (χ4n) is 2.53. The molecular formula is C14H13NO5. The van der Waals surface area contributed by atoms with Crippen molar-refractivity contribution < 1.29 is 23.8 Å². The highest BCUT2D eigenvalue weighted by molar-refractivity contribution is 5.86. The van der Waals surface area contributed by atoms with Crippen molar-refractivity contribution in [1.29, 1.82) is 5.26 Å². The zero-order chi connectivity index (χ0) is 14.8.